The Hall–Kier alpha value is -2.74. The fourth-order valence-corrected chi connectivity index (χ4v) is 4.81. The average molecular weight is 455 g/mol. The molecule has 0 spiro atoms. The molecular formula is C23H23ClN4O2S. The van der Waals surface area contributed by atoms with E-state index in [-0.39, 0.29) is 0 Å². The lowest BCUT2D eigenvalue weighted by Gasteiger charge is -2.33. The molecule has 1 saturated heterocycles. The highest BCUT2D eigenvalue weighted by atomic mass is 35.5. The van der Waals surface area contributed by atoms with Crippen molar-refractivity contribution in [3.05, 3.63) is 82.2 Å². The van der Waals surface area contributed by atoms with Crippen LogP contribution < -0.4 is 4.90 Å². The monoisotopic (exact) mass is 454 g/mol. The summed E-state index contributed by atoms with van der Waals surface area (Å²) in [5.74, 6) is 0.725. The van der Waals surface area contributed by atoms with Crippen LogP contribution in [0.3, 0.4) is 0 Å². The van der Waals surface area contributed by atoms with Crippen LogP contribution in [0.4, 0.5) is 5.82 Å². The number of rotatable bonds is 5. The van der Waals surface area contributed by atoms with E-state index in [0.29, 0.717) is 36.9 Å². The average Bonchev–Trinajstić information content (AvgIpc) is 2.79. The molecule has 0 bridgehead atoms. The number of benzene rings is 2. The predicted octanol–water partition coefficient (Wildman–Crippen LogP) is 4.23. The van der Waals surface area contributed by atoms with Gasteiger partial charge in [0.15, 0.2) is 5.82 Å². The summed E-state index contributed by atoms with van der Waals surface area (Å²) in [5, 5.41) is 10.5. The Balaban J connectivity index is 1.39. The highest BCUT2D eigenvalue weighted by molar-refractivity contribution is 7.92. The van der Waals surface area contributed by atoms with E-state index in [4.69, 9.17) is 11.6 Å². The molecule has 0 unspecified atom stereocenters. The van der Waals surface area contributed by atoms with Gasteiger partial charge in [-0.1, -0.05) is 59.6 Å². The Morgan fingerprint density at radius 1 is 0.903 bits per heavy atom. The van der Waals surface area contributed by atoms with Gasteiger partial charge in [-0.2, -0.15) is 4.31 Å². The highest BCUT2D eigenvalue weighted by Gasteiger charge is 2.25. The second-order valence-electron chi connectivity index (χ2n) is 7.40. The SMILES string of the molecule is Cc1ccc(/C=C\S(=O)(=O)N2CCN(c3ccc(-c4ccccc4Cl)nn3)CC2)cc1. The van der Waals surface area contributed by atoms with E-state index in [0.717, 1.165) is 22.5 Å². The Morgan fingerprint density at radius 2 is 1.61 bits per heavy atom. The highest BCUT2D eigenvalue weighted by Crippen LogP contribution is 2.26. The van der Waals surface area contributed by atoms with Crippen LogP contribution in [0.15, 0.2) is 66.1 Å². The van der Waals surface area contributed by atoms with Crippen molar-refractivity contribution in [3.63, 3.8) is 0 Å². The van der Waals surface area contributed by atoms with Crippen LogP contribution in [0.5, 0.6) is 0 Å². The van der Waals surface area contributed by atoms with E-state index in [1.54, 1.807) is 6.08 Å². The molecule has 2 aromatic carbocycles. The van der Waals surface area contributed by atoms with Crippen molar-refractivity contribution in [1.82, 2.24) is 14.5 Å². The van der Waals surface area contributed by atoms with E-state index >= 15 is 0 Å². The van der Waals surface area contributed by atoms with Gasteiger partial charge in [-0.25, -0.2) is 8.42 Å². The molecule has 0 radical (unpaired) electrons. The summed E-state index contributed by atoms with van der Waals surface area (Å²) in [6.07, 6.45) is 1.64. The third-order valence-electron chi connectivity index (χ3n) is 5.23. The molecule has 1 aliphatic heterocycles. The third-order valence-corrected chi connectivity index (χ3v) is 7.13. The second kappa shape index (κ2) is 9.18. The Labute approximate surface area is 187 Å². The molecule has 0 aliphatic carbocycles. The summed E-state index contributed by atoms with van der Waals surface area (Å²) >= 11 is 6.23. The number of aryl methyl sites for hydroxylation is 1. The Kier molecular flexibility index (Phi) is 6.36. The van der Waals surface area contributed by atoms with Gasteiger partial charge in [-0.3, -0.25) is 0 Å². The molecular weight excluding hydrogens is 432 g/mol. The number of hydrogen-bond acceptors (Lipinski definition) is 5. The molecule has 0 amide bonds. The van der Waals surface area contributed by atoms with Crippen LogP contribution in [0.2, 0.25) is 5.02 Å². The van der Waals surface area contributed by atoms with E-state index in [1.807, 2.05) is 72.5 Å². The maximum atomic E-state index is 12.7. The maximum Gasteiger partial charge on any atom is 0.236 e. The van der Waals surface area contributed by atoms with Crippen LogP contribution in [-0.2, 0) is 10.0 Å². The molecule has 0 saturated carbocycles. The van der Waals surface area contributed by atoms with Gasteiger partial charge in [-0.05, 0) is 36.8 Å². The van der Waals surface area contributed by atoms with Crippen molar-refractivity contribution in [1.29, 1.82) is 0 Å². The first-order valence-corrected chi connectivity index (χ1v) is 11.9. The molecule has 6 nitrogen and oxygen atoms in total. The van der Waals surface area contributed by atoms with Gasteiger partial charge < -0.3 is 4.90 Å². The molecule has 1 aromatic heterocycles. The summed E-state index contributed by atoms with van der Waals surface area (Å²) in [6.45, 7) is 3.90. The molecule has 8 heteroatoms. The van der Waals surface area contributed by atoms with Crippen LogP contribution in [0.25, 0.3) is 17.3 Å². The van der Waals surface area contributed by atoms with Crippen molar-refractivity contribution in [2.45, 2.75) is 6.92 Å². The quantitative estimate of drug-likeness (QED) is 0.577. The fourth-order valence-electron chi connectivity index (χ4n) is 3.41. The minimum atomic E-state index is -3.47. The normalized spacial score (nSPS) is 15.5. The zero-order chi connectivity index (χ0) is 21.8. The van der Waals surface area contributed by atoms with Gasteiger partial charge in [0, 0.05) is 37.2 Å². The molecule has 2 heterocycles. The number of nitrogens with zero attached hydrogens (tertiary/aromatic N) is 4. The Morgan fingerprint density at radius 3 is 2.26 bits per heavy atom. The van der Waals surface area contributed by atoms with Gasteiger partial charge in [0.05, 0.1) is 10.7 Å². The maximum absolute atomic E-state index is 12.7. The fraction of sp³-hybridized carbons (Fsp3) is 0.217. The number of piperazine rings is 1. The molecule has 31 heavy (non-hydrogen) atoms. The van der Waals surface area contributed by atoms with Crippen molar-refractivity contribution in [2.24, 2.45) is 0 Å². The number of sulfonamides is 1. The lowest BCUT2D eigenvalue weighted by molar-refractivity contribution is 0.388. The van der Waals surface area contributed by atoms with Gasteiger partial charge >= 0.3 is 0 Å². The minimum absolute atomic E-state index is 0.397. The molecule has 1 fully saturated rings. The van der Waals surface area contributed by atoms with Crippen LogP contribution in [-0.4, -0.2) is 49.1 Å². The molecule has 4 rings (SSSR count). The van der Waals surface area contributed by atoms with E-state index in [9.17, 15) is 8.42 Å². The van der Waals surface area contributed by atoms with Crippen LogP contribution in [0.1, 0.15) is 11.1 Å². The zero-order valence-electron chi connectivity index (χ0n) is 17.1. The van der Waals surface area contributed by atoms with Gasteiger partial charge in [0.2, 0.25) is 10.0 Å². The Bertz CT molecular complexity index is 1170. The minimum Gasteiger partial charge on any atom is -0.352 e. The zero-order valence-corrected chi connectivity index (χ0v) is 18.7. The van der Waals surface area contributed by atoms with Crippen molar-refractivity contribution in [3.8, 4) is 11.3 Å². The van der Waals surface area contributed by atoms with Gasteiger partial charge in [0.1, 0.15) is 0 Å². The van der Waals surface area contributed by atoms with Gasteiger partial charge in [-0.15, -0.1) is 10.2 Å². The first-order valence-electron chi connectivity index (χ1n) is 10.0. The first-order chi connectivity index (χ1) is 14.9. The summed E-state index contributed by atoms with van der Waals surface area (Å²) in [7, 11) is -3.47. The summed E-state index contributed by atoms with van der Waals surface area (Å²) in [4.78, 5) is 2.04. The standard InChI is InChI=1S/C23H23ClN4O2S/c1-18-6-8-19(9-7-18)12-17-31(29,30)28-15-13-27(14-16-28)23-11-10-22(25-26-23)20-4-2-3-5-21(20)24/h2-12,17H,13-16H2,1H3/b17-12-. The molecule has 3 aromatic rings. The van der Waals surface area contributed by atoms with Crippen molar-refractivity contribution >= 4 is 33.5 Å². The van der Waals surface area contributed by atoms with Crippen LogP contribution >= 0.6 is 11.6 Å². The first kappa shape index (κ1) is 21.5. The van der Waals surface area contributed by atoms with E-state index < -0.39 is 10.0 Å². The van der Waals surface area contributed by atoms with E-state index in [2.05, 4.69) is 10.2 Å². The summed E-state index contributed by atoms with van der Waals surface area (Å²) in [5.41, 5.74) is 3.54. The van der Waals surface area contributed by atoms with Crippen molar-refractivity contribution < 1.29 is 8.42 Å². The molecule has 0 atom stereocenters. The largest absolute Gasteiger partial charge is 0.352 e. The van der Waals surface area contributed by atoms with Crippen molar-refractivity contribution in [2.75, 3.05) is 31.1 Å². The second-order valence-corrected chi connectivity index (χ2v) is 9.63. The van der Waals surface area contributed by atoms with E-state index in [1.165, 1.54) is 9.71 Å². The smallest absolute Gasteiger partial charge is 0.236 e. The number of halogens is 1. The molecule has 160 valence electrons. The topological polar surface area (TPSA) is 66.4 Å². The lowest BCUT2D eigenvalue weighted by atomic mass is 10.1. The summed E-state index contributed by atoms with van der Waals surface area (Å²) < 4.78 is 26.9. The number of hydrogen-bond donors (Lipinski definition) is 0. The molecule has 0 N–H and O–H groups in total. The number of aromatic nitrogens is 2. The predicted molar refractivity (Wildman–Crippen MR) is 125 cm³/mol. The van der Waals surface area contributed by atoms with Crippen LogP contribution in [0, 0.1) is 6.92 Å². The lowest BCUT2D eigenvalue weighted by Crippen LogP contribution is -2.48. The number of anilines is 1. The summed E-state index contributed by atoms with van der Waals surface area (Å²) in [6, 6.07) is 19.0. The molecule has 1 aliphatic rings. The van der Waals surface area contributed by atoms with Gasteiger partial charge in [0.25, 0.3) is 0 Å². The third kappa shape index (κ3) is 5.12.